The summed E-state index contributed by atoms with van der Waals surface area (Å²) in [5.41, 5.74) is 8.06. The molecule has 0 radical (unpaired) electrons. The second-order valence-electron chi connectivity index (χ2n) is 5.90. The summed E-state index contributed by atoms with van der Waals surface area (Å²) in [6.45, 7) is 2.04. The Hall–Kier alpha value is -2.14. The zero-order valence-electron chi connectivity index (χ0n) is 13.0. The average Bonchev–Trinajstić information content (AvgIpc) is 3.15. The smallest absolute Gasteiger partial charge is 0.250 e. The Morgan fingerprint density at radius 2 is 2.05 bits per heavy atom. The zero-order chi connectivity index (χ0) is 15.6. The van der Waals surface area contributed by atoms with Crippen LogP contribution in [0, 0.1) is 6.92 Å². The lowest BCUT2D eigenvalue weighted by Gasteiger charge is -2.17. The lowest BCUT2D eigenvalue weighted by Crippen LogP contribution is -2.34. The van der Waals surface area contributed by atoms with Crippen LogP contribution in [0.3, 0.4) is 0 Å². The van der Waals surface area contributed by atoms with Crippen LogP contribution in [0.2, 0.25) is 0 Å². The van der Waals surface area contributed by atoms with Crippen LogP contribution in [0.4, 0.5) is 0 Å². The van der Waals surface area contributed by atoms with Gasteiger partial charge in [-0.05, 0) is 38.0 Å². The first-order chi connectivity index (χ1) is 10.6. The van der Waals surface area contributed by atoms with Gasteiger partial charge >= 0.3 is 0 Å². The fourth-order valence-corrected chi connectivity index (χ4v) is 2.88. The van der Waals surface area contributed by atoms with Crippen molar-refractivity contribution in [1.29, 1.82) is 0 Å². The van der Waals surface area contributed by atoms with Crippen LogP contribution in [0.15, 0.2) is 22.7 Å². The summed E-state index contributed by atoms with van der Waals surface area (Å²) in [6, 6.07) is 6.01. The van der Waals surface area contributed by atoms with Gasteiger partial charge in [0.2, 0.25) is 0 Å². The highest BCUT2D eigenvalue weighted by Crippen LogP contribution is 2.34. The number of methoxy groups -OCH3 is 1. The van der Waals surface area contributed by atoms with E-state index >= 15 is 0 Å². The van der Waals surface area contributed by atoms with Crippen LogP contribution in [0.1, 0.15) is 48.5 Å². The van der Waals surface area contributed by atoms with Gasteiger partial charge in [0.25, 0.3) is 5.89 Å². The molecule has 5 heteroatoms. The molecule has 22 heavy (non-hydrogen) atoms. The topological polar surface area (TPSA) is 74.2 Å². The van der Waals surface area contributed by atoms with E-state index in [0.29, 0.717) is 11.7 Å². The number of ether oxygens (including phenoxy) is 1. The van der Waals surface area contributed by atoms with Gasteiger partial charge in [-0.2, -0.15) is 4.98 Å². The maximum atomic E-state index is 6.34. The summed E-state index contributed by atoms with van der Waals surface area (Å²) in [4.78, 5) is 4.43. The predicted octanol–water partition coefficient (Wildman–Crippen LogP) is 3.29. The summed E-state index contributed by atoms with van der Waals surface area (Å²) in [6.07, 6.45) is 7.79. The standard InChI is InChI=1S/C17H21N3O2/c1-12-5-7-14(21-2)13(11-12)6-8-15-19-16(20-22-15)17(18)9-3-4-10-17/h5-8,11H,3-4,9-10,18H2,1-2H3/b8-6+. The SMILES string of the molecule is COc1ccc(C)cc1/C=C/c1nc(C2(N)CCCC2)no1. The summed E-state index contributed by atoms with van der Waals surface area (Å²) in [7, 11) is 1.66. The van der Waals surface area contributed by atoms with E-state index in [4.69, 9.17) is 15.0 Å². The molecule has 0 unspecified atom stereocenters. The van der Waals surface area contributed by atoms with Crippen molar-refractivity contribution in [3.05, 3.63) is 41.0 Å². The van der Waals surface area contributed by atoms with Gasteiger partial charge in [-0.1, -0.05) is 29.6 Å². The summed E-state index contributed by atoms with van der Waals surface area (Å²) >= 11 is 0. The number of aromatic nitrogens is 2. The molecule has 1 heterocycles. The molecule has 1 aliphatic carbocycles. The first kappa shape index (κ1) is 14.8. The lowest BCUT2D eigenvalue weighted by atomic mass is 9.99. The number of nitrogens with zero attached hydrogens (tertiary/aromatic N) is 2. The molecule has 1 fully saturated rings. The van der Waals surface area contributed by atoms with Gasteiger partial charge in [0.15, 0.2) is 5.82 Å². The molecular weight excluding hydrogens is 278 g/mol. The Kier molecular flexibility index (Phi) is 3.98. The molecule has 0 spiro atoms. The summed E-state index contributed by atoms with van der Waals surface area (Å²) < 4.78 is 10.7. The van der Waals surface area contributed by atoms with Gasteiger partial charge in [-0.25, -0.2) is 0 Å². The molecule has 0 saturated heterocycles. The van der Waals surface area contributed by atoms with Crippen molar-refractivity contribution in [1.82, 2.24) is 10.1 Å². The molecule has 3 rings (SSSR count). The monoisotopic (exact) mass is 299 g/mol. The molecule has 0 amide bonds. The van der Waals surface area contributed by atoms with E-state index in [2.05, 4.69) is 10.1 Å². The minimum atomic E-state index is -0.420. The van der Waals surface area contributed by atoms with E-state index in [9.17, 15) is 0 Å². The Balaban J connectivity index is 1.82. The van der Waals surface area contributed by atoms with E-state index < -0.39 is 5.54 Å². The van der Waals surface area contributed by atoms with Gasteiger partial charge < -0.3 is 15.0 Å². The molecule has 1 aromatic heterocycles. The highest BCUT2D eigenvalue weighted by molar-refractivity contribution is 5.70. The fourth-order valence-electron chi connectivity index (χ4n) is 2.88. The maximum Gasteiger partial charge on any atom is 0.250 e. The van der Waals surface area contributed by atoms with Gasteiger partial charge in [0, 0.05) is 11.6 Å². The first-order valence-corrected chi connectivity index (χ1v) is 7.56. The minimum Gasteiger partial charge on any atom is -0.496 e. The quantitative estimate of drug-likeness (QED) is 0.937. The van der Waals surface area contributed by atoms with Crippen LogP contribution >= 0.6 is 0 Å². The summed E-state index contributed by atoms with van der Waals surface area (Å²) in [5.74, 6) is 1.89. The van der Waals surface area contributed by atoms with Crippen molar-refractivity contribution in [3.63, 3.8) is 0 Å². The van der Waals surface area contributed by atoms with Gasteiger partial charge in [-0.15, -0.1) is 0 Å². The summed E-state index contributed by atoms with van der Waals surface area (Å²) in [5, 5.41) is 4.05. The molecule has 116 valence electrons. The zero-order valence-corrected chi connectivity index (χ0v) is 13.0. The molecule has 1 aliphatic rings. The molecule has 0 bridgehead atoms. The third kappa shape index (κ3) is 2.90. The Labute approximate surface area is 130 Å². The van der Waals surface area contributed by atoms with E-state index in [-0.39, 0.29) is 0 Å². The molecular formula is C17H21N3O2. The van der Waals surface area contributed by atoms with E-state index in [0.717, 1.165) is 37.0 Å². The fraction of sp³-hybridized carbons (Fsp3) is 0.412. The lowest BCUT2D eigenvalue weighted by molar-refractivity contribution is 0.364. The number of rotatable bonds is 4. The second-order valence-corrected chi connectivity index (χ2v) is 5.90. The largest absolute Gasteiger partial charge is 0.496 e. The van der Waals surface area contributed by atoms with E-state index in [1.165, 1.54) is 5.56 Å². The normalized spacial score (nSPS) is 17.2. The van der Waals surface area contributed by atoms with Crippen molar-refractivity contribution in [2.75, 3.05) is 7.11 Å². The third-order valence-corrected chi connectivity index (χ3v) is 4.17. The average molecular weight is 299 g/mol. The number of hydrogen-bond acceptors (Lipinski definition) is 5. The molecule has 5 nitrogen and oxygen atoms in total. The van der Waals surface area contributed by atoms with Crippen LogP contribution in [-0.2, 0) is 5.54 Å². The number of aryl methyl sites for hydroxylation is 1. The number of hydrogen-bond donors (Lipinski definition) is 1. The molecule has 2 N–H and O–H groups in total. The number of nitrogens with two attached hydrogens (primary N) is 1. The van der Waals surface area contributed by atoms with Crippen LogP contribution in [0.25, 0.3) is 12.2 Å². The van der Waals surface area contributed by atoms with Gasteiger partial charge in [-0.3, -0.25) is 0 Å². The first-order valence-electron chi connectivity index (χ1n) is 7.56. The van der Waals surface area contributed by atoms with Gasteiger partial charge in [0.1, 0.15) is 5.75 Å². The number of benzene rings is 1. The molecule has 1 aromatic carbocycles. The Morgan fingerprint density at radius 3 is 2.77 bits per heavy atom. The Bertz CT molecular complexity index is 685. The van der Waals surface area contributed by atoms with Crippen molar-refractivity contribution in [3.8, 4) is 5.75 Å². The van der Waals surface area contributed by atoms with Crippen LogP contribution < -0.4 is 10.5 Å². The third-order valence-electron chi connectivity index (χ3n) is 4.17. The highest BCUT2D eigenvalue weighted by atomic mass is 16.5. The Morgan fingerprint density at radius 1 is 1.27 bits per heavy atom. The molecule has 1 saturated carbocycles. The molecule has 0 aliphatic heterocycles. The molecule has 0 atom stereocenters. The molecule has 2 aromatic rings. The second kappa shape index (κ2) is 5.93. The van der Waals surface area contributed by atoms with E-state index in [1.54, 1.807) is 13.2 Å². The van der Waals surface area contributed by atoms with Crippen LogP contribution in [0.5, 0.6) is 5.75 Å². The van der Waals surface area contributed by atoms with Crippen molar-refractivity contribution >= 4 is 12.2 Å². The van der Waals surface area contributed by atoms with Crippen molar-refractivity contribution < 1.29 is 9.26 Å². The van der Waals surface area contributed by atoms with Crippen molar-refractivity contribution in [2.24, 2.45) is 5.73 Å². The van der Waals surface area contributed by atoms with Crippen LogP contribution in [-0.4, -0.2) is 17.3 Å². The minimum absolute atomic E-state index is 0.420. The predicted molar refractivity (Wildman–Crippen MR) is 85.3 cm³/mol. The highest BCUT2D eigenvalue weighted by Gasteiger charge is 2.35. The van der Waals surface area contributed by atoms with Crippen molar-refractivity contribution in [2.45, 2.75) is 38.1 Å². The maximum absolute atomic E-state index is 6.34. The van der Waals surface area contributed by atoms with E-state index in [1.807, 2.05) is 31.2 Å². The van der Waals surface area contributed by atoms with Gasteiger partial charge in [0.05, 0.1) is 12.6 Å².